The van der Waals surface area contributed by atoms with Crippen molar-refractivity contribution in [3.8, 4) is 5.75 Å². The molecule has 0 saturated carbocycles. The van der Waals surface area contributed by atoms with Crippen LogP contribution in [-0.2, 0) is 22.6 Å². The first-order chi connectivity index (χ1) is 12.1. The number of benzene rings is 2. The van der Waals surface area contributed by atoms with Crippen molar-refractivity contribution in [2.45, 2.75) is 26.1 Å². The molecule has 0 spiro atoms. The monoisotopic (exact) mass is 340 g/mol. The van der Waals surface area contributed by atoms with Crippen molar-refractivity contribution in [3.05, 3.63) is 65.9 Å². The van der Waals surface area contributed by atoms with Crippen LogP contribution in [0.15, 0.2) is 59.2 Å². The fourth-order valence-corrected chi connectivity index (χ4v) is 2.69. The van der Waals surface area contributed by atoms with Crippen LogP contribution in [0.3, 0.4) is 0 Å². The van der Waals surface area contributed by atoms with Gasteiger partial charge in [0.2, 0.25) is 0 Å². The van der Waals surface area contributed by atoms with E-state index in [0.29, 0.717) is 17.9 Å². The highest BCUT2D eigenvalue weighted by atomic mass is 16.5. The first-order valence-corrected chi connectivity index (χ1v) is 8.12. The molecule has 3 aromatic rings. The smallest absolute Gasteiger partial charge is 0.341 e. The zero-order chi connectivity index (χ0) is 17.6. The maximum Gasteiger partial charge on any atom is 0.341 e. The second-order valence-electron chi connectivity index (χ2n) is 5.89. The summed E-state index contributed by atoms with van der Waals surface area (Å²) in [6.07, 6.45) is 2.54. The topological polar surface area (TPSA) is 68.9 Å². The molecule has 0 aliphatic carbocycles. The molecule has 0 fully saturated rings. The number of ether oxygens (including phenoxy) is 2. The predicted octanol–water partition coefficient (Wildman–Crippen LogP) is 4.04. The number of para-hydroxylation sites is 1. The van der Waals surface area contributed by atoms with Crippen LogP contribution in [0.4, 0.5) is 0 Å². The lowest BCUT2D eigenvalue weighted by atomic mass is 10.1. The van der Waals surface area contributed by atoms with Crippen LogP contribution in [0.1, 0.15) is 18.1 Å². The number of rotatable bonds is 8. The summed E-state index contributed by atoms with van der Waals surface area (Å²) in [5.41, 5.74) is 2.69. The van der Waals surface area contributed by atoms with Crippen molar-refractivity contribution in [3.63, 3.8) is 0 Å². The number of fused-ring (bicyclic) bond motifs is 1. The van der Waals surface area contributed by atoms with Gasteiger partial charge < -0.3 is 19.0 Å². The summed E-state index contributed by atoms with van der Waals surface area (Å²) in [6.45, 7) is 2.06. The zero-order valence-electron chi connectivity index (χ0n) is 14.0. The van der Waals surface area contributed by atoms with Gasteiger partial charge in [0.25, 0.3) is 0 Å². The van der Waals surface area contributed by atoms with E-state index in [1.54, 1.807) is 12.3 Å². The van der Waals surface area contributed by atoms with Gasteiger partial charge in [-0.25, -0.2) is 4.79 Å². The Balaban J connectivity index is 1.65. The van der Waals surface area contributed by atoms with Gasteiger partial charge in [0.1, 0.15) is 0 Å². The van der Waals surface area contributed by atoms with E-state index < -0.39 is 12.6 Å². The molecular formula is C20H20O5. The quantitative estimate of drug-likeness (QED) is 0.670. The summed E-state index contributed by atoms with van der Waals surface area (Å²) in [7, 11) is 0. The van der Waals surface area contributed by atoms with E-state index >= 15 is 0 Å². The average Bonchev–Trinajstić information content (AvgIpc) is 3.03. The number of carboxylic acids is 1. The first kappa shape index (κ1) is 17.0. The Morgan fingerprint density at radius 2 is 1.96 bits per heavy atom. The van der Waals surface area contributed by atoms with E-state index in [2.05, 4.69) is 12.1 Å². The van der Waals surface area contributed by atoms with Gasteiger partial charge in [0, 0.05) is 10.9 Å². The number of furan rings is 1. The Bertz CT molecular complexity index is 838. The number of carboxylic acid groups (broad SMARTS) is 1. The lowest BCUT2D eigenvalue weighted by Crippen LogP contribution is -2.11. The molecule has 0 unspecified atom stereocenters. The molecule has 3 rings (SSSR count). The molecule has 1 atom stereocenters. The van der Waals surface area contributed by atoms with Crippen molar-refractivity contribution in [2.24, 2.45) is 0 Å². The summed E-state index contributed by atoms with van der Waals surface area (Å²) in [4.78, 5) is 10.7. The van der Waals surface area contributed by atoms with Crippen LogP contribution in [0.5, 0.6) is 5.75 Å². The maximum atomic E-state index is 10.7. The van der Waals surface area contributed by atoms with E-state index in [4.69, 9.17) is 19.0 Å². The molecule has 5 nitrogen and oxygen atoms in total. The first-order valence-electron chi connectivity index (χ1n) is 8.12. The number of aliphatic carboxylic acids is 1. The minimum Gasteiger partial charge on any atom is -0.479 e. The standard InChI is InChI=1S/C20H20O5/c1-14(10-15-6-3-2-4-7-15)23-11-16-12-25-20-17(16)8-5-9-18(20)24-13-19(21)22/h2-9,12,14H,10-11,13H2,1H3,(H,21,22)/t14-/m0/s1. The molecule has 0 bridgehead atoms. The van der Waals surface area contributed by atoms with Gasteiger partial charge in [0.15, 0.2) is 17.9 Å². The predicted molar refractivity (Wildman–Crippen MR) is 93.7 cm³/mol. The number of hydrogen-bond donors (Lipinski definition) is 1. The summed E-state index contributed by atoms with van der Waals surface area (Å²) >= 11 is 0. The molecule has 0 aliphatic heterocycles. The third-order valence-electron chi connectivity index (χ3n) is 3.88. The largest absolute Gasteiger partial charge is 0.479 e. The molecule has 1 aromatic heterocycles. The van der Waals surface area contributed by atoms with E-state index in [0.717, 1.165) is 17.4 Å². The van der Waals surface area contributed by atoms with Gasteiger partial charge in [-0.15, -0.1) is 0 Å². The van der Waals surface area contributed by atoms with Crippen LogP contribution < -0.4 is 4.74 Å². The molecule has 0 amide bonds. The van der Waals surface area contributed by atoms with Crippen LogP contribution in [0.2, 0.25) is 0 Å². The fourth-order valence-electron chi connectivity index (χ4n) is 2.69. The van der Waals surface area contributed by atoms with Crippen molar-refractivity contribution in [1.29, 1.82) is 0 Å². The molecule has 1 N–H and O–H groups in total. The lowest BCUT2D eigenvalue weighted by Gasteiger charge is -2.12. The van der Waals surface area contributed by atoms with Gasteiger partial charge in [-0.3, -0.25) is 0 Å². The maximum absolute atomic E-state index is 10.7. The summed E-state index contributed by atoms with van der Waals surface area (Å²) in [5, 5.41) is 9.61. The minimum absolute atomic E-state index is 0.0683. The van der Waals surface area contributed by atoms with Crippen molar-refractivity contribution >= 4 is 16.9 Å². The van der Waals surface area contributed by atoms with Crippen LogP contribution in [0.25, 0.3) is 11.0 Å². The Labute approximate surface area is 145 Å². The average molecular weight is 340 g/mol. The highest BCUT2D eigenvalue weighted by Gasteiger charge is 2.13. The summed E-state index contributed by atoms with van der Waals surface area (Å²) < 4.78 is 16.8. The van der Waals surface area contributed by atoms with Crippen molar-refractivity contribution < 1.29 is 23.8 Å². The van der Waals surface area contributed by atoms with Crippen LogP contribution >= 0.6 is 0 Å². The van der Waals surface area contributed by atoms with E-state index in [9.17, 15) is 4.79 Å². The molecule has 0 aliphatic rings. The summed E-state index contributed by atoms with van der Waals surface area (Å²) in [6, 6.07) is 15.6. The molecule has 130 valence electrons. The highest BCUT2D eigenvalue weighted by Crippen LogP contribution is 2.30. The van der Waals surface area contributed by atoms with Gasteiger partial charge in [-0.2, -0.15) is 0 Å². The van der Waals surface area contributed by atoms with Gasteiger partial charge in [0.05, 0.1) is 19.0 Å². The van der Waals surface area contributed by atoms with Crippen LogP contribution in [-0.4, -0.2) is 23.8 Å². The zero-order valence-corrected chi connectivity index (χ0v) is 14.0. The summed E-state index contributed by atoms with van der Waals surface area (Å²) in [5.74, 6) is -0.606. The van der Waals surface area contributed by atoms with Gasteiger partial charge >= 0.3 is 5.97 Å². The van der Waals surface area contributed by atoms with Gasteiger partial charge in [-0.1, -0.05) is 42.5 Å². The normalized spacial score (nSPS) is 12.2. The number of carbonyl (C=O) groups is 1. The second kappa shape index (κ2) is 7.85. The second-order valence-corrected chi connectivity index (χ2v) is 5.89. The number of hydrogen-bond acceptors (Lipinski definition) is 4. The fraction of sp³-hybridized carbons (Fsp3) is 0.250. The Morgan fingerprint density at radius 3 is 2.72 bits per heavy atom. The minimum atomic E-state index is -1.03. The van der Waals surface area contributed by atoms with Crippen molar-refractivity contribution in [2.75, 3.05) is 6.61 Å². The Hall–Kier alpha value is -2.79. The Morgan fingerprint density at radius 1 is 1.16 bits per heavy atom. The Kier molecular flexibility index (Phi) is 5.36. The molecule has 0 radical (unpaired) electrons. The highest BCUT2D eigenvalue weighted by molar-refractivity contribution is 5.86. The van der Waals surface area contributed by atoms with Crippen LogP contribution in [0, 0.1) is 0 Å². The van der Waals surface area contributed by atoms with Crippen molar-refractivity contribution in [1.82, 2.24) is 0 Å². The lowest BCUT2D eigenvalue weighted by molar-refractivity contribution is -0.139. The molecule has 0 saturated heterocycles. The van der Waals surface area contributed by atoms with E-state index in [1.165, 1.54) is 5.56 Å². The molecule has 1 heterocycles. The third kappa shape index (κ3) is 4.39. The molecule has 5 heteroatoms. The van der Waals surface area contributed by atoms with E-state index in [-0.39, 0.29) is 6.10 Å². The SMILES string of the molecule is C[C@@H](Cc1ccccc1)OCc1coc2c(OCC(=O)O)cccc12. The molecule has 2 aromatic carbocycles. The molecule has 25 heavy (non-hydrogen) atoms. The van der Waals surface area contributed by atoms with E-state index in [1.807, 2.05) is 37.3 Å². The molecular weight excluding hydrogens is 320 g/mol. The third-order valence-corrected chi connectivity index (χ3v) is 3.88. The van der Waals surface area contributed by atoms with Gasteiger partial charge in [-0.05, 0) is 25.0 Å².